The van der Waals surface area contributed by atoms with Crippen molar-refractivity contribution in [1.29, 1.82) is 0 Å². The number of carbonyl (C=O) groups excluding carboxylic acids is 1. The summed E-state index contributed by atoms with van der Waals surface area (Å²) in [4.78, 5) is 13.2. The van der Waals surface area contributed by atoms with Crippen LogP contribution in [0.3, 0.4) is 0 Å². The number of aromatic nitrogens is 3. The molecule has 0 saturated carbocycles. The van der Waals surface area contributed by atoms with Crippen LogP contribution < -0.4 is 10.2 Å². The van der Waals surface area contributed by atoms with Gasteiger partial charge in [-0.15, -0.1) is 21.5 Å². The Morgan fingerprint density at radius 2 is 1.94 bits per heavy atom. The summed E-state index contributed by atoms with van der Waals surface area (Å²) < 4.78 is 8.19. The molecule has 0 saturated heterocycles. The maximum atomic E-state index is 12.3. The van der Waals surface area contributed by atoms with Crippen LogP contribution in [-0.2, 0) is 4.79 Å². The lowest BCUT2D eigenvalue weighted by Gasteiger charge is -2.10. The van der Waals surface area contributed by atoms with Gasteiger partial charge in [0.2, 0.25) is 0 Å². The third-order valence-corrected chi connectivity index (χ3v) is 6.79. The number of nitrogens with one attached hydrogen (secondary N) is 1. The summed E-state index contributed by atoms with van der Waals surface area (Å²) >= 11 is 6.23. The van der Waals surface area contributed by atoms with Crippen LogP contribution in [0.4, 0.5) is 0 Å². The van der Waals surface area contributed by atoms with Crippen LogP contribution in [0.25, 0.3) is 17.1 Å². The van der Waals surface area contributed by atoms with Crippen molar-refractivity contribution in [3.05, 3.63) is 75.4 Å². The van der Waals surface area contributed by atoms with E-state index in [4.69, 9.17) is 4.74 Å². The highest BCUT2D eigenvalue weighted by atomic mass is 79.9. The maximum absolute atomic E-state index is 12.3. The van der Waals surface area contributed by atoms with E-state index in [-0.39, 0.29) is 11.7 Å². The summed E-state index contributed by atoms with van der Waals surface area (Å²) in [6, 6.07) is 21.3. The van der Waals surface area contributed by atoms with Gasteiger partial charge in [0.25, 0.3) is 5.91 Å². The normalized spacial score (nSPS) is 11.1. The van der Waals surface area contributed by atoms with Gasteiger partial charge in [-0.1, -0.05) is 30.0 Å². The molecule has 2 aromatic carbocycles. The number of rotatable bonds is 8. The van der Waals surface area contributed by atoms with Gasteiger partial charge in [-0.25, -0.2) is 5.43 Å². The van der Waals surface area contributed by atoms with E-state index in [2.05, 4.69) is 36.7 Å². The highest BCUT2D eigenvalue weighted by Gasteiger charge is 2.17. The van der Waals surface area contributed by atoms with Gasteiger partial charge in [0, 0.05) is 16.1 Å². The molecule has 0 atom stereocenters. The third-order valence-electron chi connectivity index (χ3n) is 4.30. The average molecular weight is 528 g/mol. The van der Waals surface area contributed by atoms with Crippen molar-refractivity contribution in [1.82, 2.24) is 20.2 Å². The number of ether oxygens (including phenoxy) is 1. The maximum Gasteiger partial charge on any atom is 0.250 e. The van der Waals surface area contributed by atoms with Crippen molar-refractivity contribution in [2.24, 2.45) is 5.10 Å². The lowest BCUT2D eigenvalue weighted by Crippen LogP contribution is -2.19. The van der Waals surface area contributed by atoms with Crippen LogP contribution >= 0.6 is 39.0 Å². The first-order valence-corrected chi connectivity index (χ1v) is 12.1. The number of hydrogen-bond acceptors (Lipinski definition) is 7. The van der Waals surface area contributed by atoms with Crippen LogP contribution in [0.2, 0.25) is 0 Å². The number of amides is 1. The number of nitrogens with zero attached hydrogens (tertiary/aromatic N) is 4. The van der Waals surface area contributed by atoms with Crippen molar-refractivity contribution in [2.45, 2.75) is 5.16 Å². The monoisotopic (exact) mass is 527 g/mol. The van der Waals surface area contributed by atoms with Crippen molar-refractivity contribution >= 4 is 51.2 Å². The van der Waals surface area contributed by atoms with Gasteiger partial charge in [-0.05, 0) is 64.5 Å². The van der Waals surface area contributed by atoms with Gasteiger partial charge >= 0.3 is 0 Å². The summed E-state index contributed by atoms with van der Waals surface area (Å²) in [5.74, 6) is 1.37. The molecule has 7 nitrogen and oxygen atoms in total. The van der Waals surface area contributed by atoms with E-state index in [0.717, 1.165) is 25.7 Å². The fraction of sp³-hybridized carbons (Fsp3) is 0.0909. The van der Waals surface area contributed by atoms with Crippen LogP contribution in [0.5, 0.6) is 5.75 Å². The molecular formula is C22H18BrN5O2S2. The first-order chi connectivity index (χ1) is 15.6. The van der Waals surface area contributed by atoms with Gasteiger partial charge in [-0.3, -0.25) is 9.36 Å². The molecule has 0 aliphatic rings. The van der Waals surface area contributed by atoms with E-state index >= 15 is 0 Å². The molecule has 1 N–H and O–H groups in total. The van der Waals surface area contributed by atoms with Gasteiger partial charge in [0.15, 0.2) is 11.0 Å². The predicted molar refractivity (Wildman–Crippen MR) is 132 cm³/mol. The standard InChI is InChI=1S/C22H18BrN5O2S2/c1-30-17-9-7-15(8-10-17)21-26-27-22(28(21)16-5-3-2-4-6-16)31-14-20(29)25-24-13-18-11-12-19(23)32-18/h2-13H,14H2,1H3,(H,25,29)/b24-13+. The number of thioether (sulfide) groups is 1. The highest BCUT2D eigenvalue weighted by molar-refractivity contribution is 9.11. The smallest absolute Gasteiger partial charge is 0.250 e. The van der Waals surface area contributed by atoms with Gasteiger partial charge in [0.1, 0.15) is 5.75 Å². The van der Waals surface area contributed by atoms with E-state index in [1.807, 2.05) is 71.3 Å². The molecule has 162 valence electrons. The zero-order valence-corrected chi connectivity index (χ0v) is 20.2. The van der Waals surface area contributed by atoms with E-state index in [0.29, 0.717) is 11.0 Å². The lowest BCUT2D eigenvalue weighted by molar-refractivity contribution is -0.118. The molecule has 2 heterocycles. The first-order valence-electron chi connectivity index (χ1n) is 9.49. The molecule has 10 heteroatoms. The molecule has 0 aliphatic carbocycles. The summed E-state index contributed by atoms with van der Waals surface area (Å²) in [5, 5.41) is 13.4. The van der Waals surface area contributed by atoms with Crippen molar-refractivity contribution in [3.63, 3.8) is 0 Å². The Balaban J connectivity index is 1.51. The minimum Gasteiger partial charge on any atom is -0.497 e. The van der Waals surface area contributed by atoms with E-state index in [1.54, 1.807) is 13.3 Å². The van der Waals surface area contributed by atoms with Crippen LogP contribution in [0, 0.1) is 0 Å². The average Bonchev–Trinajstić information content (AvgIpc) is 3.44. The predicted octanol–water partition coefficient (Wildman–Crippen LogP) is 5.01. The molecule has 0 radical (unpaired) electrons. The molecule has 0 aliphatic heterocycles. The van der Waals surface area contributed by atoms with Gasteiger partial charge < -0.3 is 4.74 Å². The van der Waals surface area contributed by atoms with Crippen LogP contribution in [0.1, 0.15) is 4.88 Å². The summed E-state index contributed by atoms with van der Waals surface area (Å²) in [7, 11) is 1.63. The Bertz CT molecular complexity index is 1220. The number of thiophene rings is 1. The lowest BCUT2D eigenvalue weighted by atomic mass is 10.2. The zero-order valence-electron chi connectivity index (χ0n) is 16.9. The summed E-state index contributed by atoms with van der Waals surface area (Å²) in [6.07, 6.45) is 1.62. The largest absolute Gasteiger partial charge is 0.497 e. The van der Waals surface area contributed by atoms with Crippen molar-refractivity contribution in [2.75, 3.05) is 12.9 Å². The summed E-state index contributed by atoms with van der Waals surface area (Å²) in [6.45, 7) is 0. The Morgan fingerprint density at radius 1 is 1.16 bits per heavy atom. The number of benzene rings is 2. The number of methoxy groups -OCH3 is 1. The van der Waals surface area contributed by atoms with E-state index in [1.165, 1.54) is 23.1 Å². The Labute approximate surface area is 201 Å². The second-order valence-electron chi connectivity index (χ2n) is 6.43. The third kappa shape index (κ3) is 5.45. The number of halogens is 1. The molecule has 4 rings (SSSR count). The van der Waals surface area contributed by atoms with Gasteiger partial charge in [-0.2, -0.15) is 5.10 Å². The zero-order chi connectivity index (χ0) is 22.3. The van der Waals surface area contributed by atoms with Gasteiger partial charge in [0.05, 0.1) is 22.9 Å². The highest BCUT2D eigenvalue weighted by Crippen LogP contribution is 2.29. The molecule has 0 fully saturated rings. The number of para-hydroxylation sites is 1. The fourth-order valence-electron chi connectivity index (χ4n) is 2.83. The second-order valence-corrected chi connectivity index (χ2v) is 9.87. The second kappa shape index (κ2) is 10.6. The molecule has 4 aromatic rings. The van der Waals surface area contributed by atoms with Crippen molar-refractivity contribution < 1.29 is 9.53 Å². The topological polar surface area (TPSA) is 81.4 Å². The van der Waals surface area contributed by atoms with E-state index < -0.39 is 0 Å². The number of carbonyl (C=O) groups is 1. The SMILES string of the molecule is COc1ccc(-c2nnc(SCC(=O)N/N=C/c3ccc(Br)s3)n2-c2ccccc2)cc1. The molecule has 0 spiro atoms. The molecule has 32 heavy (non-hydrogen) atoms. The minimum absolute atomic E-state index is 0.152. The Morgan fingerprint density at radius 3 is 2.62 bits per heavy atom. The molecule has 0 bridgehead atoms. The van der Waals surface area contributed by atoms with Crippen LogP contribution in [-0.4, -0.2) is 39.7 Å². The Kier molecular flexibility index (Phi) is 7.35. The number of hydrazone groups is 1. The minimum atomic E-state index is -0.226. The number of hydrogen-bond donors (Lipinski definition) is 1. The van der Waals surface area contributed by atoms with E-state index in [9.17, 15) is 4.79 Å². The van der Waals surface area contributed by atoms with Crippen molar-refractivity contribution in [3.8, 4) is 22.8 Å². The molecule has 0 unspecified atom stereocenters. The molecular weight excluding hydrogens is 510 g/mol. The Hall–Kier alpha value is -2.95. The first kappa shape index (κ1) is 22.3. The van der Waals surface area contributed by atoms with Crippen LogP contribution in [0.15, 0.2) is 80.8 Å². The molecule has 1 amide bonds. The fourth-order valence-corrected chi connectivity index (χ4v) is 4.87. The molecule has 2 aromatic heterocycles. The summed E-state index contributed by atoms with van der Waals surface area (Å²) in [5.41, 5.74) is 4.35. The quantitative estimate of drug-likeness (QED) is 0.198.